The molecule has 2 N–H and O–H groups in total. The van der Waals surface area contributed by atoms with Gasteiger partial charge in [-0.3, -0.25) is 9.52 Å². The highest BCUT2D eigenvalue weighted by Gasteiger charge is 2.25. The molecule has 4 rings (SSSR count). The third-order valence-corrected chi connectivity index (χ3v) is 10.3. The van der Waals surface area contributed by atoms with Crippen LogP contribution in [0.1, 0.15) is 52.7 Å². The number of nitrogens with zero attached hydrogens (tertiary/aromatic N) is 1. The first-order chi connectivity index (χ1) is 18.0. The van der Waals surface area contributed by atoms with Crippen LogP contribution in [0.4, 0.5) is 11.4 Å². The Kier molecular flexibility index (Phi) is 8.25. The quantitative estimate of drug-likeness (QED) is 0.415. The van der Waals surface area contributed by atoms with Crippen LogP contribution >= 0.6 is 0 Å². The fourth-order valence-corrected chi connectivity index (χ4v) is 7.35. The van der Waals surface area contributed by atoms with Gasteiger partial charge in [0.05, 0.1) is 15.5 Å². The van der Waals surface area contributed by atoms with E-state index in [0.29, 0.717) is 30.0 Å². The molecule has 1 heterocycles. The maximum atomic E-state index is 13.2. The van der Waals surface area contributed by atoms with Gasteiger partial charge < -0.3 is 5.32 Å². The fourth-order valence-electron chi connectivity index (χ4n) is 4.44. The third kappa shape index (κ3) is 6.09. The molecule has 3 aromatic rings. The summed E-state index contributed by atoms with van der Waals surface area (Å²) in [7, 11) is -7.54. The number of anilines is 2. The van der Waals surface area contributed by atoms with Gasteiger partial charge in [0.2, 0.25) is 10.0 Å². The van der Waals surface area contributed by atoms with Gasteiger partial charge in [-0.25, -0.2) is 16.8 Å². The van der Waals surface area contributed by atoms with E-state index in [1.807, 2.05) is 19.9 Å². The summed E-state index contributed by atoms with van der Waals surface area (Å²) in [6, 6.07) is 15.9. The Morgan fingerprint density at radius 1 is 0.789 bits per heavy atom. The van der Waals surface area contributed by atoms with E-state index >= 15 is 0 Å². The Hall–Kier alpha value is -3.21. The first kappa shape index (κ1) is 27.8. The topological polar surface area (TPSA) is 113 Å². The van der Waals surface area contributed by atoms with E-state index < -0.39 is 26.0 Å². The van der Waals surface area contributed by atoms with Gasteiger partial charge in [-0.2, -0.15) is 4.31 Å². The largest absolute Gasteiger partial charge is 0.322 e. The second kappa shape index (κ2) is 11.3. The van der Waals surface area contributed by atoms with E-state index in [1.54, 1.807) is 31.2 Å². The molecule has 1 aliphatic rings. The van der Waals surface area contributed by atoms with Crippen molar-refractivity contribution in [2.75, 3.05) is 23.1 Å². The van der Waals surface area contributed by atoms with Crippen molar-refractivity contribution >= 4 is 37.3 Å². The lowest BCUT2D eigenvalue weighted by Gasteiger charge is -2.20. The summed E-state index contributed by atoms with van der Waals surface area (Å²) in [5.74, 6) is -0.503. The molecule has 0 aromatic heterocycles. The van der Waals surface area contributed by atoms with Crippen molar-refractivity contribution in [2.45, 2.75) is 56.2 Å². The van der Waals surface area contributed by atoms with Crippen LogP contribution in [0, 0.1) is 20.8 Å². The monoisotopic (exact) mass is 555 g/mol. The third-order valence-electron chi connectivity index (χ3n) is 6.90. The average Bonchev–Trinajstić information content (AvgIpc) is 3.17. The van der Waals surface area contributed by atoms with Crippen LogP contribution < -0.4 is 10.0 Å². The lowest BCUT2D eigenvalue weighted by atomic mass is 10.1. The molecule has 0 unspecified atom stereocenters. The van der Waals surface area contributed by atoms with E-state index in [1.165, 1.54) is 34.6 Å². The molecule has 1 aliphatic heterocycles. The van der Waals surface area contributed by atoms with Gasteiger partial charge in [-0.1, -0.05) is 31.0 Å². The van der Waals surface area contributed by atoms with Crippen LogP contribution in [-0.2, 0) is 20.0 Å². The second-order valence-corrected chi connectivity index (χ2v) is 13.2. The Bertz CT molecular complexity index is 1540. The Morgan fingerprint density at radius 2 is 1.45 bits per heavy atom. The summed E-state index contributed by atoms with van der Waals surface area (Å²) < 4.78 is 56.6. The van der Waals surface area contributed by atoms with Crippen molar-refractivity contribution in [1.82, 2.24) is 4.31 Å². The zero-order chi connectivity index (χ0) is 27.5. The zero-order valence-corrected chi connectivity index (χ0v) is 23.5. The van der Waals surface area contributed by atoms with E-state index in [-0.39, 0.29) is 15.4 Å². The number of hydrogen-bond donors (Lipinski definition) is 2. The maximum absolute atomic E-state index is 13.2. The smallest absolute Gasteiger partial charge is 0.262 e. The molecule has 8 nitrogen and oxygen atoms in total. The number of aryl methyl sites for hydroxylation is 2. The summed E-state index contributed by atoms with van der Waals surface area (Å²) >= 11 is 0. The lowest BCUT2D eigenvalue weighted by molar-refractivity contribution is 0.102. The van der Waals surface area contributed by atoms with E-state index in [0.717, 1.165) is 36.8 Å². The van der Waals surface area contributed by atoms with Crippen molar-refractivity contribution < 1.29 is 21.6 Å². The van der Waals surface area contributed by atoms with E-state index in [2.05, 4.69) is 10.0 Å². The molecule has 0 radical (unpaired) electrons. The molecule has 38 heavy (non-hydrogen) atoms. The van der Waals surface area contributed by atoms with Gasteiger partial charge in [-0.15, -0.1) is 0 Å². The number of amides is 1. The van der Waals surface area contributed by atoms with Crippen molar-refractivity contribution in [3.63, 3.8) is 0 Å². The Labute approximate surface area is 225 Å². The van der Waals surface area contributed by atoms with Gasteiger partial charge in [0.25, 0.3) is 15.9 Å². The molecule has 3 aromatic carbocycles. The normalized spacial score (nSPS) is 15.0. The highest BCUT2D eigenvalue weighted by molar-refractivity contribution is 7.92. The molecule has 0 bridgehead atoms. The van der Waals surface area contributed by atoms with Crippen LogP contribution in [0.3, 0.4) is 0 Å². The minimum Gasteiger partial charge on any atom is -0.322 e. The van der Waals surface area contributed by atoms with Gasteiger partial charge in [0, 0.05) is 24.3 Å². The molecule has 0 atom stereocenters. The van der Waals surface area contributed by atoms with Crippen molar-refractivity contribution in [3.8, 4) is 0 Å². The van der Waals surface area contributed by atoms with Crippen LogP contribution in [0.2, 0.25) is 0 Å². The number of carbonyl (C=O) groups excluding carboxylic acids is 1. The summed E-state index contributed by atoms with van der Waals surface area (Å²) in [4.78, 5) is 13.2. The van der Waals surface area contributed by atoms with Crippen molar-refractivity contribution in [2.24, 2.45) is 0 Å². The number of nitrogens with one attached hydrogen (secondary N) is 2. The molecule has 0 saturated carbocycles. The van der Waals surface area contributed by atoms with Crippen LogP contribution in [0.25, 0.3) is 0 Å². The van der Waals surface area contributed by atoms with Crippen LogP contribution in [0.15, 0.2) is 70.5 Å². The SMILES string of the molecule is Cc1ccc(C(=O)Nc2ccc(S(=O)(=O)N3CCCCCC3)cc2)cc1S(=O)(=O)Nc1cccc(C)c1C. The van der Waals surface area contributed by atoms with Crippen LogP contribution in [-0.4, -0.2) is 40.1 Å². The summed E-state index contributed by atoms with van der Waals surface area (Å²) in [5, 5.41) is 2.73. The van der Waals surface area contributed by atoms with Crippen molar-refractivity contribution in [3.05, 3.63) is 82.9 Å². The van der Waals surface area contributed by atoms with E-state index in [9.17, 15) is 21.6 Å². The second-order valence-electron chi connectivity index (χ2n) is 9.63. The molecule has 0 spiro atoms. The minimum absolute atomic E-state index is 0.00458. The molecule has 10 heteroatoms. The van der Waals surface area contributed by atoms with Gasteiger partial charge >= 0.3 is 0 Å². The van der Waals surface area contributed by atoms with E-state index in [4.69, 9.17) is 0 Å². The van der Waals surface area contributed by atoms with Crippen LogP contribution in [0.5, 0.6) is 0 Å². The number of carbonyl (C=O) groups is 1. The number of benzene rings is 3. The zero-order valence-electron chi connectivity index (χ0n) is 21.8. The summed E-state index contributed by atoms with van der Waals surface area (Å²) in [5.41, 5.74) is 3.34. The predicted molar refractivity (Wildman–Crippen MR) is 150 cm³/mol. The molecule has 1 saturated heterocycles. The molecule has 1 fully saturated rings. The highest BCUT2D eigenvalue weighted by Crippen LogP contribution is 2.26. The number of hydrogen-bond acceptors (Lipinski definition) is 5. The molecular formula is C28H33N3O5S2. The molecular weight excluding hydrogens is 522 g/mol. The lowest BCUT2D eigenvalue weighted by Crippen LogP contribution is -2.31. The molecule has 1 amide bonds. The van der Waals surface area contributed by atoms with Crippen molar-refractivity contribution in [1.29, 1.82) is 0 Å². The first-order valence-corrected chi connectivity index (χ1v) is 15.5. The fraction of sp³-hybridized carbons (Fsp3) is 0.321. The predicted octanol–water partition coefficient (Wildman–Crippen LogP) is 5.23. The summed E-state index contributed by atoms with van der Waals surface area (Å²) in [6.07, 6.45) is 3.75. The first-order valence-electron chi connectivity index (χ1n) is 12.6. The maximum Gasteiger partial charge on any atom is 0.262 e. The molecule has 202 valence electrons. The Morgan fingerprint density at radius 3 is 2.11 bits per heavy atom. The average molecular weight is 556 g/mol. The standard InChI is InChI=1S/C28H33N3O5S2/c1-20-9-8-10-26(22(20)3)30-37(33,34)27-19-23(12-11-21(27)2)28(32)29-24-13-15-25(16-14-24)38(35,36)31-17-6-4-5-7-18-31/h8-16,19,30H,4-7,17-18H2,1-3H3,(H,29,32). The molecule has 0 aliphatic carbocycles. The minimum atomic E-state index is -3.95. The highest BCUT2D eigenvalue weighted by atomic mass is 32.2. The van der Waals surface area contributed by atoms with Gasteiger partial charge in [0.15, 0.2) is 0 Å². The number of sulfonamides is 2. The van der Waals surface area contributed by atoms with Gasteiger partial charge in [-0.05, 0) is 92.8 Å². The van der Waals surface area contributed by atoms with Gasteiger partial charge in [0.1, 0.15) is 0 Å². The number of rotatable bonds is 7. The summed E-state index contributed by atoms with van der Waals surface area (Å²) in [6.45, 7) is 6.44. The Balaban J connectivity index is 1.51.